The van der Waals surface area contributed by atoms with E-state index >= 15 is 0 Å². The smallest absolute Gasteiger partial charge is 0.136 e. The molecule has 5 heteroatoms. The quantitative estimate of drug-likeness (QED) is 0.667. The number of rotatable bonds is 1. The van der Waals surface area contributed by atoms with Crippen molar-refractivity contribution in [1.29, 1.82) is 0 Å². The molecule has 1 aliphatic rings. The van der Waals surface area contributed by atoms with Crippen molar-refractivity contribution in [3.8, 4) is 0 Å². The van der Waals surface area contributed by atoms with Gasteiger partial charge in [-0.3, -0.25) is 0 Å². The van der Waals surface area contributed by atoms with Crippen molar-refractivity contribution < 1.29 is 10.4 Å². The van der Waals surface area contributed by atoms with Crippen molar-refractivity contribution in [2.24, 2.45) is 0 Å². The van der Waals surface area contributed by atoms with Gasteiger partial charge in [-0.05, 0) is 45.4 Å². The fourth-order valence-electron chi connectivity index (χ4n) is 2.23. The summed E-state index contributed by atoms with van der Waals surface area (Å²) in [6, 6.07) is 7.14. The third-order valence-corrected chi connectivity index (χ3v) is 4.34. The van der Waals surface area contributed by atoms with E-state index in [9.17, 15) is 10.4 Å². The van der Waals surface area contributed by atoms with Crippen LogP contribution in [0.1, 0.15) is 39.4 Å². The number of benzene rings is 1. The lowest BCUT2D eigenvalue weighted by Crippen LogP contribution is -2.52. The standard InChI is InChI=1S/C13H21N3O2/c1-12(2)13(3,4)16(18)11(15(12)17)9-5-7-10(14)8-6-9/h5-8,11,17-18H,14H2,1-4H3. The first kappa shape index (κ1) is 13.3. The lowest BCUT2D eigenvalue weighted by atomic mass is 9.84. The average molecular weight is 251 g/mol. The van der Waals surface area contributed by atoms with Crippen LogP contribution < -0.4 is 5.73 Å². The fraction of sp³-hybridized carbons (Fsp3) is 0.538. The van der Waals surface area contributed by atoms with Crippen molar-refractivity contribution in [2.75, 3.05) is 5.73 Å². The summed E-state index contributed by atoms with van der Waals surface area (Å²) in [7, 11) is 0. The van der Waals surface area contributed by atoms with Crippen molar-refractivity contribution in [3.05, 3.63) is 29.8 Å². The van der Waals surface area contributed by atoms with Crippen molar-refractivity contribution in [1.82, 2.24) is 10.1 Å². The zero-order valence-electron chi connectivity index (χ0n) is 11.3. The summed E-state index contributed by atoms with van der Waals surface area (Å²) in [4.78, 5) is 0. The van der Waals surface area contributed by atoms with Crippen LogP contribution in [0.5, 0.6) is 0 Å². The molecule has 4 N–H and O–H groups in total. The first-order valence-electron chi connectivity index (χ1n) is 6.01. The van der Waals surface area contributed by atoms with Gasteiger partial charge < -0.3 is 16.1 Å². The van der Waals surface area contributed by atoms with Crippen molar-refractivity contribution in [3.63, 3.8) is 0 Å². The minimum absolute atomic E-state index is 0.576. The molecule has 0 unspecified atom stereocenters. The van der Waals surface area contributed by atoms with Gasteiger partial charge in [-0.2, -0.15) is 10.1 Å². The van der Waals surface area contributed by atoms with Crippen molar-refractivity contribution >= 4 is 5.69 Å². The highest BCUT2D eigenvalue weighted by Gasteiger charge is 2.58. The van der Waals surface area contributed by atoms with E-state index in [0.717, 1.165) is 5.56 Å². The lowest BCUT2D eigenvalue weighted by molar-refractivity contribution is -0.223. The molecule has 1 fully saturated rings. The third kappa shape index (κ3) is 1.63. The van der Waals surface area contributed by atoms with Crippen molar-refractivity contribution in [2.45, 2.75) is 44.9 Å². The predicted molar refractivity (Wildman–Crippen MR) is 69.0 cm³/mol. The summed E-state index contributed by atoms with van der Waals surface area (Å²) in [5.74, 6) is 0. The first-order chi connectivity index (χ1) is 8.19. The molecule has 1 aromatic rings. The summed E-state index contributed by atoms with van der Waals surface area (Å²) in [5, 5.41) is 23.1. The first-order valence-corrected chi connectivity index (χ1v) is 6.01. The number of hydroxylamine groups is 4. The van der Waals surface area contributed by atoms with Crippen LogP contribution in [-0.4, -0.2) is 31.6 Å². The molecule has 0 atom stereocenters. The van der Waals surface area contributed by atoms with Crippen LogP contribution in [0.15, 0.2) is 24.3 Å². The Kier molecular flexibility index (Phi) is 2.90. The van der Waals surface area contributed by atoms with Crippen LogP contribution in [0.2, 0.25) is 0 Å². The van der Waals surface area contributed by atoms with Gasteiger partial charge in [0.25, 0.3) is 0 Å². The maximum Gasteiger partial charge on any atom is 0.136 e. The molecule has 0 radical (unpaired) electrons. The third-order valence-electron chi connectivity index (χ3n) is 4.34. The molecule has 0 aromatic heterocycles. The summed E-state index contributed by atoms with van der Waals surface area (Å²) < 4.78 is 0. The predicted octanol–water partition coefficient (Wildman–Crippen LogP) is 2.22. The number of anilines is 1. The van der Waals surface area contributed by atoms with Crippen LogP contribution in [-0.2, 0) is 0 Å². The minimum atomic E-state index is -0.587. The number of hydrogen-bond acceptors (Lipinski definition) is 5. The van der Waals surface area contributed by atoms with E-state index in [4.69, 9.17) is 5.73 Å². The largest absolute Gasteiger partial charge is 0.399 e. The van der Waals surface area contributed by atoms with Crippen LogP contribution in [0.4, 0.5) is 5.69 Å². The second-order valence-electron chi connectivity index (χ2n) is 5.85. The van der Waals surface area contributed by atoms with E-state index in [1.165, 1.54) is 10.1 Å². The highest BCUT2D eigenvalue weighted by Crippen LogP contribution is 2.47. The van der Waals surface area contributed by atoms with Gasteiger partial charge in [-0.1, -0.05) is 12.1 Å². The molecule has 100 valence electrons. The van der Waals surface area contributed by atoms with Gasteiger partial charge in [-0.25, -0.2) is 0 Å². The highest BCUT2D eigenvalue weighted by molar-refractivity contribution is 5.40. The van der Waals surface area contributed by atoms with Crippen LogP contribution in [0.25, 0.3) is 0 Å². The van der Waals surface area contributed by atoms with Gasteiger partial charge >= 0.3 is 0 Å². The molecular weight excluding hydrogens is 230 g/mol. The molecular formula is C13H21N3O2. The van der Waals surface area contributed by atoms with E-state index in [1.54, 1.807) is 12.1 Å². The summed E-state index contributed by atoms with van der Waals surface area (Å²) in [6.07, 6.45) is -0.587. The number of nitrogen functional groups attached to an aromatic ring is 1. The lowest BCUT2D eigenvalue weighted by Gasteiger charge is -2.37. The summed E-state index contributed by atoms with van der Waals surface area (Å²) >= 11 is 0. The molecule has 1 heterocycles. The molecule has 0 aliphatic carbocycles. The zero-order valence-corrected chi connectivity index (χ0v) is 11.3. The highest BCUT2D eigenvalue weighted by atomic mass is 16.6. The summed E-state index contributed by atoms with van der Waals surface area (Å²) in [6.45, 7) is 7.59. The van der Waals surface area contributed by atoms with Gasteiger partial charge in [0, 0.05) is 5.69 Å². The summed E-state index contributed by atoms with van der Waals surface area (Å²) in [5.41, 5.74) is 5.95. The Labute approximate surface area is 107 Å². The number of hydrogen-bond donors (Lipinski definition) is 3. The maximum absolute atomic E-state index is 10.3. The molecule has 1 saturated heterocycles. The Morgan fingerprint density at radius 1 is 0.944 bits per heavy atom. The Morgan fingerprint density at radius 2 is 1.33 bits per heavy atom. The van der Waals surface area contributed by atoms with E-state index in [2.05, 4.69) is 0 Å². The molecule has 2 rings (SSSR count). The molecule has 0 saturated carbocycles. The Bertz CT molecular complexity index is 422. The second-order valence-corrected chi connectivity index (χ2v) is 5.85. The molecule has 5 nitrogen and oxygen atoms in total. The zero-order chi connectivity index (χ0) is 13.7. The molecule has 0 amide bonds. The Morgan fingerprint density at radius 3 is 1.72 bits per heavy atom. The second kappa shape index (κ2) is 3.93. The maximum atomic E-state index is 10.3. The Balaban J connectivity index is 2.44. The minimum Gasteiger partial charge on any atom is -0.399 e. The van der Waals surface area contributed by atoms with Crippen LogP contribution >= 0.6 is 0 Å². The van der Waals surface area contributed by atoms with Gasteiger partial charge in [0.05, 0.1) is 11.1 Å². The van der Waals surface area contributed by atoms with Crippen LogP contribution in [0.3, 0.4) is 0 Å². The van der Waals surface area contributed by atoms with Crippen LogP contribution in [0, 0.1) is 0 Å². The molecule has 0 spiro atoms. The number of nitrogens with zero attached hydrogens (tertiary/aromatic N) is 2. The van der Waals surface area contributed by atoms with Gasteiger partial charge in [0.1, 0.15) is 6.17 Å². The molecule has 1 aliphatic heterocycles. The Hall–Kier alpha value is -1.14. The SMILES string of the molecule is CC1(C)N(O)C(c2ccc(N)cc2)N(O)C1(C)C. The topological polar surface area (TPSA) is 73.0 Å². The molecule has 0 bridgehead atoms. The normalized spacial score (nSPS) is 24.6. The van der Waals surface area contributed by atoms with Gasteiger partial charge in [0.2, 0.25) is 0 Å². The molecule has 1 aromatic carbocycles. The van der Waals surface area contributed by atoms with E-state index < -0.39 is 17.2 Å². The fourth-order valence-corrected chi connectivity index (χ4v) is 2.23. The average Bonchev–Trinajstić information content (AvgIpc) is 2.41. The van der Waals surface area contributed by atoms with Gasteiger partial charge in [-0.15, -0.1) is 0 Å². The van der Waals surface area contributed by atoms with E-state index in [1.807, 2.05) is 39.8 Å². The van der Waals surface area contributed by atoms with E-state index in [-0.39, 0.29) is 0 Å². The van der Waals surface area contributed by atoms with Gasteiger partial charge in [0.15, 0.2) is 0 Å². The molecule has 18 heavy (non-hydrogen) atoms. The monoisotopic (exact) mass is 251 g/mol. The van der Waals surface area contributed by atoms with E-state index in [0.29, 0.717) is 5.69 Å². The number of nitrogens with two attached hydrogens (primary N) is 1.